The molecule has 1 N–H and O–H groups in total. The molecule has 0 aliphatic carbocycles. The van der Waals surface area contributed by atoms with Gasteiger partial charge < -0.3 is 9.88 Å². The van der Waals surface area contributed by atoms with E-state index in [1.165, 1.54) is 0 Å². The second-order valence-electron chi connectivity index (χ2n) is 4.07. The van der Waals surface area contributed by atoms with Crippen LogP contribution in [0.25, 0.3) is 0 Å². The average molecular weight is 328 g/mol. The fourth-order valence-corrected chi connectivity index (χ4v) is 2.36. The van der Waals surface area contributed by atoms with Gasteiger partial charge in [0.05, 0.1) is 0 Å². The Morgan fingerprint density at radius 3 is 2.72 bits per heavy atom. The predicted octanol–water partition coefficient (Wildman–Crippen LogP) is 4.00. The van der Waals surface area contributed by atoms with E-state index in [2.05, 4.69) is 21.2 Å². The number of nitrogens with one attached hydrogen (secondary N) is 1. The minimum Gasteiger partial charge on any atom is -0.345 e. The van der Waals surface area contributed by atoms with Gasteiger partial charge >= 0.3 is 0 Å². The number of hydrogen-bond acceptors (Lipinski definition) is 1. The van der Waals surface area contributed by atoms with Crippen molar-refractivity contribution in [1.82, 2.24) is 4.57 Å². The molecule has 0 radical (unpaired) electrons. The van der Waals surface area contributed by atoms with Crippen molar-refractivity contribution in [2.75, 3.05) is 5.32 Å². The summed E-state index contributed by atoms with van der Waals surface area (Å²) >= 11 is 9.26. The van der Waals surface area contributed by atoms with E-state index in [4.69, 9.17) is 11.6 Å². The molecule has 0 saturated carbocycles. The number of nitrogens with zero attached hydrogens (tertiary/aromatic N) is 1. The average Bonchev–Trinajstić information content (AvgIpc) is 2.63. The fourth-order valence-electron chi connectivity index (χ4n) is 1.67. The van der Waals surface area contributed by atoms with Crippen LogP contribution in [0.4, 0.5) is 5.69 Å². The molecule has 0 fully saturated rings. The van der Waals surface area contributed by atoms with E-state index >= 15 is 0 Å². The first-order valence-corrected chi connectivity index (χ1v) is 6.54. The van der Waals surface area contributed by atoms with Gasteiger partial charge in [-0.25, -0.2) is 0 Å². The second-order valence-corrected chi connectivity index (χ2v) is 5.42. The number of benzene rings is 1. The number of anilines is 1. The van der Waals surface area contributed by atoms with Crippen LogP contribution in [0.5, 0.6) is 0 Å². The van der Waals surface area contributed by atoms with Crippen LogP contribution in [-0.2, 0) is 7.05 Å². The molecule has 0 bridgehead atoms. The zero-order chi connectivity index (χ0) is 13.3. The smallest absolute Gasteiger partial charge is 0.272 e. The van der Waals surface area contributed by atoms with Crippen molar-refractivity contribution in [2.45, 2.75) is 6.92 Å². The number of aryl methyl sites for hydroxylation is 2. The minimum absolute atomic E-state index is 0.159. The van der Waals surface area contributed by atoms with E-state index in [1.54, 1.807) is 22.8 Å². The maximum absolute atomic E-state index is 12.1. The number of carbonyl (C=O) groups is 1. The Morgan fingerprint density at radius 1 is 1.39 bits per heavy atom. The molecule has 5 heteroatoms. The highest BCUT2D eigenvalue weighted by Crippen LogP contribution is 2.21. The highest BCUT2D eigenvalue weighted by Gasteiger charge is 2.12. The highest BCUT2D eigenvalue weighted by atomic mass is 79.9. The monoisotopic (exact) mass is 326 g/mol. The highest BCUT2D eigenvalue weighted by molar-refractivity contribution is 9.10. The maximum atomic E-state index is 12.1. The molecule has 3 nitrogen and oxygen atoms in total. The molecule has 2 rings (SSSR count). The van der Waals surface area contributed by atoms with Crippen LogP contribution in [0.3, 0.4) is 0 Å². The standard InChI is InChI=1S/C13H12BrClN2O/c1-8-3-4-10(15)6-11(8)16-13(18)12-5-9(14)7-17(12)2/h3-7H,1-2H3,(H,16,18). The molecule has 1 heterocycles. The van der Waals surface area contributed by atoms with Gasteiger partial charge in [-0.3, -0.25) is 4.79 Å². The number of carbonyl (C=O) groups excluding carboxylic acids is 1. The summed E-state index contributed by atoms with van der Waals surface area (Å²) in [5.74, 6) is -0.159. The SMILES string of the molecule is Cc1ccc(Cl)cc1NC(=O)c1cc(Br)cn1C. The quantitative estimate of drug-likeness (QED) is 0.888. The second kappa shape index (κ2) is 5.16. The van der Waals surface area contributed by atoms with E-state index in [0.29, 0.717) is 10.7 Å². The third-order valence-electron chi connectivity index (χ3n) is 2.65. The Hall–Kier alpha value is -1.26. The van der Waals surface area contributed by atoms with Crippen molar-refractivity contribution < 1.29 is 4.79 Å². The Morgan fingerprint density at radius 2 is 2.11 bits per heavy atom. The van der Waals surface area contributed by atoms with E-state index < -0.39 is 0 Å². The van der Waals surface area contributed by atoms with Gasteiger partial charge in [0.2, 0.25) is 0 Å². The summed E-state index contributed by atoms with van der Waals surface area (Å²) in [5.41, 5.74) is 2.28. The van der Waals surface area contributed by atoms with E-state index in [1.807, 2.05) is 26.2 Å². The van der Waals surface area contributed by atoms with Gasteiger partial charge in [-0.2, -0.15) is 0 Å². The minimum atomic E-state index is -0.159. The van der Waals surface area contributed by atoms with Gasteiger partial charge in [0.1, 0.15) is 5.69 Å². The van der Waals surface area contributed by atoms with Crippen molar-refractivity contribution in [3.8, 4) is 0 Å². The molecule has 94 valence electrons. The molecule has 0 atom stereocenters. The number of aromatic nitrogens is 1. The van der Waals surface area contributed by atoms with Crippen LogP contribution in [0.15, 0.2) is 34.9 Å². The summed E-state index contributed by atoms with van der Waals surface area (Å²) in [6.07, 6.45) is 1.83. The number of hydrogen-bond donors (Lipinski definition) is 1. The normalized spacial score (nSPS) is 10.4. The Labute approximate surface area is 119 Å². The molecule has 0 saturated heterocycles. The van der Waals surface area contributed by atoms with Crippen LogP contribution in [0.2, 0.25) is 5.02 Å². The summed E-state index contributed by atoms with van der Waals surface area (Å²) in [4.78, 5) is 12.1. The molecule has 0 aliphatic rings. The van der Waals surface area contributed by atoms with Crippen molar-refractivity contribution in [3.63, 3.8) is 0 Å². The molecule has 1 aromatic carbocycles. The molecule has 18 heavy (non-hydrogen) atoms. The largest absolute Gasteiger partial charge is 0.345 e. The molecule has 0 spiro atoms. The summed E-state index contributed by atoms with van der Waals surface area (Å²) in [6, 6.07) is 7.19. The van der Waals surface area contributed by atoms with Gasteiger partial charge in [-0.15, -0.1) is 0 Å². The van der Waals surface area contributed by atoms with Crippen molar-refractivity contribution in [2.24, 2.45) is 7.05 Å². The van der Waals surface area contributed by atoms with Crippen molar-refractivity contribution in [3.05, 3.63) is 51.2 Å². The summed E-state index contributed by atoms with van der Waals surface area (Å²) in [5, 5.41) is 3.46. The molecule has 0 unspecified atom stereocenters. The van der Waals surface area contributed by atoms with Crippen LogP contribution < -0.4 is 5.32 Å². The lowest BCUT2D eigenvalue weighted by molar-refractivity contribution is 0.101. The lowest BCUT2D eigenvalue weighted by Crippen LogP contribution is -2.15. The summed E-state index contributed by atoms with van der Waals surface area (Å²) in [7, 11) is 1.82. The van der Waals surface area contributed by atoms with Crippen molar-refractivity contribution >= 4 is 39.1 Å². The third-order valence-corrected chi connectivity index (χ3v) is 3.32. The van der Waals surface area contributed by atoms with Gasteiger partial charge in [0.25, 0.3) is 5.91 Å². The Balaban J connectivity index is 2.26. The molecular formula is C13H12BrClN2O. The summed E-state index contributed by atoms with van der Waals surface area (Å²) < 4.78 is 2.64. The molecule has 2 aromatic rings. The fraction of sp³-hybridized carbons (Fsp3) is 0.154. The molecule has 0 aliphatic heterocycles. The first-order valence-electron chi connectivity index (χ1n) is 5.37. The van der Waals surface area contributed by atoms with E-state index in [0.717, 1.165) is 15.7 Å². The van der Waals surface area contributed by atoms with E-state index in [-0.39, 0.29) is 5.91 Å². The first-order chi connectivity index (χ1) is 8.47. The Kier molecular flexibility index (Phi) is 3.78. The van der Waals surface area contributed by atoms with Gasteiger partial charge in [-0.1, -0.05) is 17.7 Å². The lowest BCUT2D eigenvalue weighted by atomic mass is 10.2. The summed E-state index contributed by atoms with van der Waals surface area (Å²) in [6.45, 7) is 1.92. The third kappa shape index (κ3) is 2.76. The topological polar surface area (TPSA) is 34.0 Å². The Bertz CT molecular complexity index is 607. The van der Waals surface area contributed by atoms with Gasteiger partial charge in [-0.05, 0) is 46.6 Å². The van der Waals surface area contributed by atoms with Gasteiger partial charge in [0.15, 0.2) is 0 Å². The van der Waals surface area contributed by atoms with Crippen LogP contribution in [0.1, 0.15) is 16.1 Å². The zero-order valence-corrected chi connectivity index (χ0v) is 12.3. The van der Waals surface area contributed by atoms with Crippen molar-refractivity contribution in [1.29, 1.82) is 0 Å². The zero-order valence-electron chi connectivity index (χ0n) is 10.00. The predicted molar refractivity (Wildman–Crippen MR) is 77.3 cm³/mol. The lowest BCUT2D eigenvalue weighted by Gasteiger charge is -2.09. The maximum Gasteiger partial charge on any atom is 0.272 e. The molecular weight excluding hydrogens is 316 g/mol. The molecule has 1 amide bonds. The van der Waals surface area contributed by atoms with Gasteiger partial charge in [0, 0.05) is 28.4 Å². The van der Waals surface area contributed by atoms with Crippen LogP contribution in [0, 0.1) is 6.92 Å². The van der Waals surface area contributed by atoms with E-state index in [9.17, 15) is 4.79 Å². The first kappa shape index (κ1) is 13.2. The molecule has 1 aromatic heterocycles. The van der Waals surface area contributed by atoms with Crippen LogP contribution >= 0.6 is 27.5 Å². The van der Waals surface area contributed by atoms with Crippen LogP contribution in [-0.4, -0.2) is 10.5 Å². The number of amides is 1. The number of rotatable bonds is 2. The number of halogens is 2.